The standard InChI is InChI=1S/C38H38O7/c1-24-16-19-26(20-17-24)29(21-18-25(2)39)30-22-38(36(40)43-4,37(41)44-5)23-31-32(30)33(34(42-3)27-12-8-6-9-13-27)35(45-31)28-14-10-7-11-15-28/h6-17,19-20,34H,18,21-23H2,1-5H3/b30-29+/t34-/m1/s1. The number of carbonyl (C=O) groups excluding carboxylic acids is 3. The normalized spacial score (nSPS) is 15.5. The number of carbonyl (C=O) groups is 3. The molecule has 1 heterocycles. The monoisotopic (exact) mass is 606 g/mol. The third-order valence-corrected chi connectivity index (χ3v) is 8.54. The van der Waals surface area contributed by atoms with Crippen LogP contribution in [0, 0.1) is 12.3 Å². The minimum absolute atomic E-state index is 0.00749. The van der Waals surface area contributed by atoms with Crippen molar-refractivity contribution < 1.29 is 33.0 Å². The molecular formula is C38H38O7. The lowest BCUT2D eigenvalue weighted by molar-refractivity contribution is -0.169. The highest BCUT2D eigenvalue weighted by atomic mass is 16.5. The van der Waals surface area contributed by atoms with E-state index >= 15 is 0 Å². The lowest BCUT2D eigenvalue weighted by atomic mass is 9.68. The Balaban J connectivity index is 1.93. The van der Waals surface area contributed by atoms with E-state index in [1.165, 1.54) is 14.2 Å². The Hall–Kier alpha value is -4.75. The Morgan fingerprint density at radius 1 is 0.800 bits per heavy atom. The van der Waals surface area contributed by atoms with E-state index in [-0.39, 0.29) is 25.0 Å². The molecule has 0 saturated heterocycles. The molecule has 1 aromatic heterocycles. The number of ether oxygens (including phenoxy) is 3. The Bertz CT molecular complexity index is 1700. The highest BCUT2D eigenvalue weighted by molar-refractivity contribution is 6.06. The summed E-state index contributed by atoms with van der Waals surface area (Å²) in [6.45, 7) is 3.57. The van der Waals surface area contributed by atoms with Gasteiger partial charge in [0.25, 0.3) is 0 Å². The summed E-state index contributed by atoms with van der Waals surface area (Å²) >= 11 is 0. The van der Waals surface area contributed by atoms with E-state index in [1.807, 2.05) is 91.9 Å². The summed E-state index contributed by atoms with van der Waals surface area (Å²) in [5.41, 5.74) is 5.12. The summed E-state index contributed by atoms with van der Waals surface area (Å²) in [5, 5.41) is 0. The summed E-state index contributed by atoms with van der Waals surface area (Å²) in [6.07, 6.45) is 0.0484. The van der Waals surface area contributed by atoms with Gasteiger partial charge in [-0.25, -0.2) is 0 Å². The molecule has 0 bridgehead atoms. The van der Waals surface area contributed by atoms with E-state index in [0.717, 1.165) is 44.5 Å². The molecule has 1 atom stereocenters. The number of aryl methyl sites for hydroxylation is 1. The number of Topliss-reactive ketones (excluding diaryl/α,β-unsaturated/α-hetero) is 1. The third kappa shape index (κ3) is 6.13. The second-order valence-electron chi connectivity index (χ2n) is 11.5. The second-order valence-corrected chi connectivity index (χ2v) is 11.5. The number of hydrogen-bond acceptors (Lipinski definition) is 7. The number of hydrogen-bond donors (Lipinski definition) is 0. The van der Waals surface area contributed by atoms with E-state index in [9.17, 15) is 14.4 Å². The van der Waals surface area contributed by atoms with Gasteiger partial charge in [0.1, 0.15) is 23.4 Å². The predicted octanol–water partition coefficient (Wildman–Crippen LogP) is 7.55. The maximum Gasteiger partial charge on any atom is 0.324 e. The van der Waals surface area contributed by atoms with Crippen LogP contribution in [0.15, 0.2) is 89.3 Å². The Kier molecular flexibility index (Phi) is 9.49. The number of benzene rings is 3. The summed E-state index contributed by atoms with van der Waals surface area (Å²) in [7, 11) is 4.19. The van der Waals surface area contributed by atoms with Gasteiger partial charge in [0, 0.05) is 43.1 Å². The molecule has 1 aliphatic rings. The Morgan fingerprint density at radius 2 is 1.40 bits per heavy atom. The molecule has 4 aromatic rings. The van der Waals surface area contributed by atoms with Gasteiger partial charge in [0.15, 0.2) is 5.41 Å². The van der Waals surface area contributed by atoms with Crippen molar-refractivity contribution in [1.82, 2.24) is 0 Å². The fraction of sp³-hybridized carbons (Fsp3) is 0.289. The highest BCUT2D eigenvalue weighted by Gasteiger charge is 2.54. The smallest absolute Gasteiger partial charge is 0.324 e. The zero-order chi connectivity index (χ0) is 32.1. The maximum atomic E-state index is 13.6. The van der Waals surface area contributed by atoms with Crippen molar-refractivity contribution in [2.24, 2.45) is 5.41 Å². The first-order chi connectivity index (χ1) is 21.7. The van der Waals surface area contributed by atoms with Crippen LogP contribution in [0.25, 0.3) is 22.5 Å². The van der Waals surface area contributed by atoms with E-state index in [0.29, 0.717) is 17.9 Å². The van der Waals surface area contributed by atoms with Gasteiger partial charge < -0.3 is 23.4 Å². The summed E-state index contributed by atoms with van der Waals surface area (Å²) in [4.78, 5) is 39.6. The summed E-state index contributed by atoms with van der Waals surface area (Å²) in [6, 6.07) is 27.6. The predicted molar refractivity (Wildman–Crippen MR) is 172 cm³/mol. The zero-order valence-corrected chi connectivity index (χ0v) is 26.3. The molecule has 232 valence electrons. The van der Waals surface area contributed by atoms with Crippen LogP contribution in [0.4, 0.5) is 0 Å². The number of allylic oxidation sites excluding steroid dienone is 2. The first-order valence-corrected chi connectivity index (χ1v) is 15.0. The van der Waals surface area contributed by atoms with Crippen molar-refractivity contribution in [2.75, 3.05) is 21.3 Å². The fourth-order valence-electron chi connectivity index (χ4n) is 6.32. The summed E-state index contributed by atoms with van der Waals surface area (Å²) in [5.74, 6) is -0.365. The van der Waals surface area contributed by atoms with Gasteiger partial charge >= 0.3 is 11.9 Å². The van der Waals surface area contributed by atoms with E-state index in [4.69, 9.17) is 18.6 Å². The number of esters is 2. The van der Waals surface area contributed by atoms with Gasteiger partial charge in [-0.1, -0.05) is 90.5 Å². The molecule has 0 radical (unpaired) electrons. The lowest BCUT2D eigenvalue weighted by Gasteiger charge is -2.34. The molecule has 0 saturated carbocycles. The number of methoxy groups -OCH3 is 3. The number of fused-ring (bicyclic) bond motifs is 1. The molecule has 7 nitrogen and oxygen atoms in total. The molecule has 0 N–H and O–H groups in total. The van der Waals surface area contributed by atoms with Crippen molar-refractivity contribution in [3.8, 4) is 11.3 Å². The molecule has 5 rings (SSSR count). The van der Waals surface area contributed by atoms with Crippen molar-refractivity contribution in [3.05, 3.63) is 119 Å². The quantitative estimate of drug-likeness (QED) is 0.136. The third-order valence-electron chi connectivity index (χ3n) is 8.54. The van der Waals surface area contributed by atoms with Gasteiger partial charge in [-0.05, 0) is 42.5 Å². The molecule has 0 unspecified atom stereocenters. The first-order valence-electron chi connectivity index (χ1n) is 15.0. The van der Waals surface area contributed by atoms with Crippen LogP contribution in [0.1, 0.15) is 65.9 Å². The van der Waals surface area contributed by atoms with Crippen LogP contribution in [-0.4, -0.2) is 39.1 Å². The number of ketones is 1. The van der Waals surface area contributed by atoms with Gasteiger partial charge in [-0.15, -0.1) is 0 Å². The van der Waals surface area contributed by atoms with Crippen LogP contribution in [0.2, 0.25) is 0 Å². The molecule has 3 aromatic carbocycles. The van der Waals surface area contributed by atoms with Gasteiger partial charge in [-0.2, -0.15) is 0 Å². The maximum absolute atomic E-state index is 13.6. The molecule has 0 fully saturated rings. The average molecular weight is 607 g/mol. The van der Waals surface area contributed by atoms with Crippen molar-refractivity contribution in [2.45, 2.75) is 45.6 Å². The van der Waals surface area contributed by atoms with Crippen LogP contribution in [-0.2, 0) is 35.0 Å². The average Bonchev–Trinajstić information content (AvgIpc) is 3.44. The van der Waals surface area contributed by atoms with Crippen molar-refractivity contribution in [3.63, 3.8) is 0 Å². The van der Waals surface area contributed by atoms with Crippen LogP contribution >= 0.6 is 0 Å². The molecule has 0 spiro atoms. The van der Waals surface area contributed by atoms with E-state index in [1.54, 1.807) is 14.0 Å². The van der Waals surface area contributed by atoms with Gasteiger partial charge in [0.2, 0.25) is 0 Å². The fourth-order valence-corrected chi connectivity index (χ4v) is 6.32. The van der Waals surface area contributed by atoms with Gasteiger partial charge in [-0.3, -0.25) is 9.59 Å². The highest BCUT2D eigenvalue weighted by Crippen LogP contribution is 2.53. The zero-order valence-electron chi connectivity index (χ0n) is 26.3. The van der Waals surface area contributed by atoms with Gasteiger partial charge in [0.05, 0.1) is 14.2 Å². The van der Waals surface area contributed by atoms with Crippen molar-refractivity contribution in [1.29, 1.82) is 0 Å². The minimum atomic E-state index is -1.70. The number of furan rings is 1. The largest absolute Gasteiger partial charge is 0.468 e. The SMILES string of the molecule is COC(=O)C1(C(=O)OC)C/C(=C(/CCC(C)=O)c2ccc(C)cc2)c2c(oc(-c3ccccc3)c2[C@H](OC)c2ccccc2)C1. The summed E-state index contributed by atoms with van der Waals surface area (Å²) < 4.78 is 23.5. The second kappa shape index (κ2) is 13.5. The lowest BCUT2D eigenvalue weighted by Crippen LogP contribution is -2.45. The molecule has 1 aliphatic carbocycles. The Morgan fingerprint density at radius 3 is 1.96 bits per heavy atom. The van der Waals surface area contributed by atoms with Crippen molar-refractivity contribution >= 4 is 28.9 Å². The van der Waals surface area contributed by atoms with Crippen LogP contribution in [0.5, 0.6) is 0 Å². The molecule has 0 amide bonds. The molecule has 7 heteroatoms. The minimum Gasteiger partial charge on any atom is -0.468 e. The molecular weight excluding hydrogens is 568 g/mol. The molecule has 0 aliphatic heterocycles. The Labute approximate surface area is 263 Å². The van der Waals surface area contributed by atoms with E-state index < -0.39 is 23.5 Å². The first kappa shape index (κ1) is 31.7. The topological polar surface area (TPSA) is 92.0 Å². The number of rotatable bonds is 10. The van der Waals surface area contributed by atoms with Crippen LogP contribution in [0.3, 0.4) is 0 Å². The van der Waals surface area contributed by atoms with Crippen LogP contribution < -0.4 is 0 Å². The molecule has 45 heavy (non-hydrogen) atoms. The van der Waals surface area contributed by atoms with E-state index in [2.05, 4.69) is 0 Å².